The molecule has 1 amide bonds. The maximum atomic E-state index is 11.8. The summed E-state index contributed by atoms with van der Waals surface area (Å²) in [7, 11) is 0. The van der Waals surface area contributed by atoms with Crippen LogP contribution in [0.3, 0.4) is 0 Å². The van der Waals surface area contributed by atoms with Gasteiger partial charge in [-0.1, -0.05) is 6.07 Å². The molecule has 0 bridgehead atoms. The second-order valence-electron chi connectivity index (χ2n) is 4.89. The van der Waals surface area contributed by atoms with Gasteiger partial charge in [0.25, 0.3) is 5.91 Å². The summed E-state index contributed by atoms with van der Waals surface area (Å²) in [6.45, 7) is 4.14. The number of carbonyl (C=O) groups excluding carboxylic acids is 1. The van der Waals surface area contributed by atoms with E-state index in [4.69, 9.17) is 11.5 Å². The van der Waals surface area contributed by atoms with E-state index in [9.17, 15) is 4.79 Å². The van der Waals surface area contributed by atoms with Crippen molar-refractivity contribution in [2.24, 2.45) is 16.5 Å². The molecular weight excluding hydrogens is 276 g/mol. The molecule has 0 unspecified atom stereocenters. The lowest BCUT2D eigenvalue weighted by molar-refractivity contribution is 0.100. The number of rotatable bonds is 2. The van der Waals surface area contributed by atoms with Gasteiger partial charge in [-0.2, -0.15) is 4.99 Å². The molecule has 1 saturated heterocycles. The van der Waals surface area contributed by atoms with Gasteiger partial charge in [0.2, 0.25) is 0 Å². The first-order valence-electron chi connectivity index (χ1n) is 6.57. The monoisotopic (exact) mass is 296 g/mol. The molecule has 110 valence electrons. The SMILES string of the molecule is Cc1ccc(C(=O)N=C(N)N)cc1N1CCCCC1.Cl. The Morgan fingerprint density at radius 3 is 2.45 bits per heavy atom. The van der Waals surface area contributed by atoms with E-state index in [1.54, 1.807) is 6.07 Å². The Morgan fingerprint density at radius 1 is 1.20 bits per heavy atom. The lowest BCUT2D eigenvalue weighted by atomic mass is 10.1. The molecule has 1 aromatic carbocycles. The summed E-state index contributed by atoms with van der Waals surface area (Å²) < 4.78 is 0. The van der Waals surface area contributed by atoms with Gasteiger partial charge in [-0.15, -0.1) is 12.4 Å². The highest BCUT2D eigenvalue weighted by Gasteiger charge is 2.15. The molecule has 0 saturated carbocycles. The fourth-order valence-electron chi connectivity index (χ4n) is 2.40. The van der Waals surface area contributed by atoms with Crippen molar-refractivity contribution in [3.63, 3.8) is 0 Å². The molecule has 1 aliphatic heterocycles. The Labute approximate surface area is 125 Å². The van der Waals surface area contributed by atoms with E-state index in [0.717, 1.165) is 18.8 Å². The number of anilines is 1. The van der Waals surface area contributed by atoms with E-state index in [1.807, 2.05) is 12.1 Å². The minimum atomic E-state index is -0.391. The van der Waals surface area contributed by atoms with Crippen LogP contribution >= 0.6 is 12.4 Å². The first kappa shape index (κ1) is 16.3. The number of hydrogen-bond donors (Lipinski definition) is 2. The van der Waals surface area contributed by atoms with Crippen molar-refractivity contribution < 1.29 is 4.79 Å². The van der Waals surface area contributed by atoms with Crippen LogP contribution in [0.2, 0.25) is 0 Å². The maximum Gasteiger partial charge on any atom is 0.280 e. The predicted octanol–water partition coefficient (Wildman–Crippen LogP) is 1.82. The second-order valence-corrected chi connectivity index (χ2v) is 4.89. The third-order valence-electron chi connectivity index (χ3n) is 3.38. The minimum Gasteiger partial charge on any atom is -0.371 e. The number of nitrogens with zero attached hydrogens (tertiary/aromatic N) is 2. The van der Waals surface area contributed by atoms with Crippen LogP contribution in [0.1, 0.15) is 35.2 Å². The molecule has 0 radical (unpaired) electrons. The number of hydrogen-bond acceptors (Lipinski definition) is 2. The Hall–Kier alpha value is -1.75. The molecule has 2 rings (SSSR count). The van der Waals surface area contributed by atoms with Gasteiger partial charge in [0, 0.05) is 24.3 Å². The van der Waals surface area contributed by atoms with E-state index in [2.05, 4.69) is 16.8 Å². The number of piperidine rings is 1. The Morgan fingerprint density at radius 2 is 1.85 bits per heavy atom. The lowest BCUT2D eigenvalue weighted by Crippen LogP contribution is -2.30. The van der Waals surface area contributed by atoms with E-state index >= 15 is 0 Å². The van der Waals surface area contributed by atoms with Crippen molar-refractivity contribution in [3.05, 3.63) is 29.3 Å². The highest BCUT2D eigenvalue weighted by atomic mass is 35.5. The summed E-state index contributed by atoms with van der Waals surface area (Å²) in [6.07, 6.45) is 3.68. The van der Waals surface area contributed by atoms with Crippen molar-refractivity contribution >= 4 is 30.0 Å². The van der Waals surface area contributed by atoms with Crippen LogP contribution in [0.25, 0.3) is 0 Å². The summed E-state index contributed by atoms with van der Waals surface area (Å²) >= 11 is 0. The van der Waals surface area contributed by atoms with Crippen molar-refractivity contribution in [1.82, 2.24) is 0 Å². The van der Waals surface area contributed by atoms with E-state index in [1.165, 1.54) is 24.8 Å². The van der Waals surface area contributed by atoms with Gasteiger partial charge >= 0.3 is 0 Å². The largest absolute Gasteiger partial charge is 0.371 e. The first-order chi connectivity index (χ1) is 9.08. The number of aliphatic imine (C=N–C) groups is 1. The third-order valence-corrected chi connectivity index (χ3v) is 3.38. The Kier molecular flexibility index (Phi) is 5.82. The lowest BCUT2D eigenvalue weighted by Gasteiger charge is -2.30. The average molecular weight is 297 g/mol. The van der Waals surface area contributed by atoms with Crippen LogP contribution in [0, 0.1) is 6.92 Å². The number of carbonyl (C=O) groups is 1. The molecule has 0 atom stereocenters. The predicted molar refractivity (Wildman–Crippen MR) is 84.6 cm³/mol. The summed E-state index contributed by atoms with van der Waals surface area (Å²) in [5, 5.41) is 0. The molecule has 5 nitrogen and oxygen atoms in total. The van der Waals surface area contributed by atoms with Crippen molar-refractivity contribution in [2.45, 2.75) is 26.2 Å². The molecule has 0 aromatic heterocycles. The van der Waals surface area contributed by atoms with E-state index in [-0.39, 0.29) is 18.4 Å². The van der Waals surface area contributed by atoms with E-state index < -0.39 is 5.91 Å². The average Bonchev–Trinajstić information content (AvgIpc) is 2.39. The zero-order valence-corrected chi connectivity index (χ0v) is 12.4. The normalized spacial score (nSPS) is 14.3. The Bertz CT molecular complexity index is 506. The van der Waals surface area contributed by atoms with Crippen LogP contribution < -0.4 is 16.4 Å². The van der Waals surface area contributed by atoms with Crippen LogP contribution in [-0.4, -0.2) is 25.0 Å². The van der Waals surface area contributed by atoms with Crippen LogP contribution in [0.4, 0.5) is 5.69 Å². The fourth-order valence-corrected chi connectivity index (χ4v) is 2.40. The van der Waals surface area contributed by atoms with Crippen molar-refractivity contribution in [1.29, 1.82) is 0 Å². The Balaban J connectivity index is 0.00000200. The number of nitrogens with two attached hydrogens (primary N) is 2. The molecule has 0 spiro atoms. The third kappa shape index (κ3) is 3.87. The van der Waals surface area contributed by atoms with Crippen LogP contribution in [0.15, 0.2) is 23.2 Å². The summed E-state index contributed by atoms with van der Waals surface area (Å²) in [5.41, 5.74) is 13.3. The zero-order valence-electron chi connectivity index (χ0n) is 11.6. The maximum absolute atomic E-state index is 11.8. The minimum absolute atomic E-state index is 0. The fraction of sp³-hybridized carbons (Fsp3) is 0.429. The number of amides is 1. The summed E-state index contributed by atoms with van der Waals surface area (Å²) in [6, 6.07) is 5.59. The van der Waals surface area contributed by atoms with Crippen molar-refractivity contribution in [3.8, 4) is 0 Å². The van der Waals surface area contributed by atoms with Crippen LogP contribution in [0.5, 0.6) is 0 Å². The first-order valence-corrected chi connectivity index (χ1v) is 6.57. The molecule has 1 aromatic rings. The molecular formula is C14H21ClN4O. The van der Waals surface area contributed by atoms with Gasteiger partial charge in [-0.25, -0.2) is 0 Å². The zero-order chi connectivity index (χ0) is 13.8. The van der Waals surface area contributed by atoms with Gasteiger partial charge in [-0.05, 0) is 43.9 Å². The molecule has 1 fully saturated rings. The van der Waals surface area contributed by atoms with Crippen LogP contribution in [-0.2, 0) is 0 Å². The molecule has 0 aliphatic carbocycles. The molecule has 6 heteroatoms. The highest BCUT2D eigenvalue weighted by molar-refractivity contribution is 6.02. The molecule has 4 N–H and O–H groups in total. The number of halogens is 1. The van der Waals surface area contributed by atoms with Gasteiger partial charge in [-0.3, -0.25) is 4.79 Å². The van der Waals surface area contributed by atoms with Crippen molar-refractivity contribution in [2.75, 3.05) is 18.0 Å². The van der Waals surface area contributed by atoms with Gasteiger partial charge in [0.15, 0.2) is 5.96 Å². The van der Waals surface area contributed by atoms with Gasteiger partial charge in [0.1, 0.15) is 0 Å². The number of guanidine groups is 1. The quantitative estimate of drug-likeness (QED) is 0.644. The second kappa shape index (κ2) is 7.14. The van der Waals surface area contributed by atoms with Gasteiger partial charge in [0.05, 0.1) is 0 Å². The topological polar surface area (TPSA) is 84.7 Å². The number of aryl methyl sites for hydroxylation is 1. The van der Waals surface area contributed by atoms with E-state index in [0.29, 0.717) is 5.56 Å². The molecule has 1 heterocycles. The molecule has 20 heavy (non-hydrogen) atoms. The number of benzene rings is 1. The summed E-state index contributed by atoms with van der Waals surface area (Å²) in [4.78, 5) is 17.7. The highest BCUT2D eigenvalue weighted by Crippen LogP contribution is 2.25. The summed E-state index contributed by atoms with van der Waals surface area (Å²) in [5.74, 6) is -0.594. The standard InChI is InChI=1S/C14H20N4O.ClH/c1-10-5-6-11(13(19)17-14(15)16)9-12(10)18-7-3-2-4-8-18;/h5-6,9H,2-4,7-8H2,1H3,(H4,15,16,17,19);1H. The smallest absolute Gasteiger partial charge is 0.280 e. The molecule has 1 aliphatic rings. The van der Waals surface area contributed by atoms with Gasteiger partial charge < -0.3 is 16.4 Å².